The van der Waals surface area contributed by atoms with E-state index in [0.717, 1.165) is 38.1 Å². The summed E-state index contributed by atoms with van der Waals surface area (Å²) in [5, 5.41) is 8.86. The Morgan fingerprint density at radius 3 is 2.48 bits per heavy atom. The molecule has 1 aromatic carbocycles. The molecule has 1 aliphatic heterocycles. The second-order valence-corrected chi connectivity index (χ2v) is 5.46. The highest BCUT2D eigenvalue weighted by molar-refractivity contribution is 5.88. The highest BCUT2D eigenvalue weighted by Gasteiger charge is 2.27. The van der Waals surface area contributed by atoms with E-state index in [0.29, 0.717) is 6.54 Å². The first-order chi connectivity index (χ1) is 9.93. The van der Waals surface area contributed by atoms with Crippen molar-refractivity contribution >= 4 is 11.7 Å². The van der Waals surface area contributed by atoms with Crippen LogP contribution < -0.4 is 4.90 Å². The van der Waals surface area contributed by atoms with Gasteiger partial charge in [0, 0.05) is 19.1 Å². The topological polar surface area (TPSA) is 43.8 Å². The zero-order valence-corrected chi connectivity index (χ0v) is 12.3. The molecular formula is C15H20F2N2O2. The molecule has 116 valence electrons. The highest BCUT2D eigenvalue weighted by Crippen LogP contribution is 2.29. The van der Waals surface area contributed by atoms with Gasteiger partial charge in [-0.25, -0.2) is 13.6 Å². The molecule has 0 aromatic heterocycles. The Balaban J connectivity index is 2.41. The molecule has 0 aliphatic carbocycles. The SMILES string of the molecule is CCC1CN(C)CCCN1c1c(F)cc(C(=O)O)cc1F. The van der Waals surface area contributed by atoms with Gasteiger partial charge in [0.2, 0.25) is 0 Å². The first kappa shape index (κ1) is 15.7. The molecule has 1 atom stereocenters. The van der Waals surface area contributed by atoms with E-state index in [1.807, 2.05) is 14.0 Å². The molecule has 21 heavy (non-hydrogen) atoms. The third kappa shape index (κ3) is 3.32. The van der Waals surface area contributed by atoms with Gasteiger partial charge in [0.05, 0.1) is 5.56 Å². The fourth-order valence-electron chi connectivity index (χ4n) is 2.85. The quantitative estimate of drug-likeness (QED) is 0.931. The first-order valence-corrected chi connectivity index (χ1v) is 7.11. The van der Waals surface area contributed by atoms with Gasteiger partial charge in [0.15, 0.2) is 0 Å². The lowest BCUT2D eigenvalue weighted by atomic mass is 10.1. The summed E-state index contributed by atoms with van der Waals surface area (Å²) >= 11 is 0. The normalized spacial score (nSPS) is 20.4. The predicted molar refractivity (Wildman–Crippen MR) is 76.9 cm³/mol. The highest BCUT2D eigenvalue weighted by atomic mass is 19.1. The van der Waals surface area contributed by atoms with Crippen LogP contribution in [0.15, 0.2) is 12.1 Å². The Hall–Kier alpha value is -1.69. The molecule has 1 fully saturated rings. The van der Waals surface area contributed by atoms with Crippen LogP contribution in [0.3, 0.4) is 0 Å². The van der Waals surface area contributed by atoms with Crippen LogP contribution in [0.25, 0.3) is 0 Å². The number of benzene rings is 1. The molecular weight excluding hydrogens is 278 g/mol. The minimum Gasteiger partial charge on any atom is -0.478 e. The standard InChI is InChI=1S/C15H20F2N2O2/c1-3-11-9-18(2)5-4-6-19(11)14-12(16)7-10(15(20)21)8-13(14)17/h7-8,11H,3-6,9H2,1-2H3,(H,20,21). The average molecular weight is 298 g/mol. The van der Waals surface area contributed by atoms with E-state index in [2.05, 4.69) is 4.90 Å². The molecule has 4 nitrogen and oxygen atoms in total. The van der Waals surface area contributed by atoms with Gasteiger partial charge in [-0.05, 0) is 38.6 Å². The summed E-state index contributed by atoms with van der Waals surface area (Å²) in [5.41, 5.74) is -0.476. The first-order valence-electron chi connectivity index (χ1n) is 7.11. The van der Waals surface area contributed by atoms with Crippen molar-refractivity contribution in [2.24, 2.45) is 0 Å². The summed E-state index contributed by atoms with van der Waals surface area (Å²) in [6.45, 7) is 4.15. The van der Waals surface area contributed by atoms with Crippen molar-refractivity contribution in [1.29, 1.82) is 0 Å². The lowest BCUT2D eigenvalue weighted by Gasteiger charge is -2.32. The number of aromatic carboxylic acids is 1. The van der Waals surface area contributed by atoms with E-state index >= 15 is 0 Å². The lowest BCUT2D eigenvalue weighted by molar-refractivity contribution is 0.0695. The Morgan fingerprint density at radius 1 is 1.33 bits per heavy atom. The number of hydrogen-bond acceptors (Lipinski definition) is 3. The minimum atomic E-state index is -1.33. The van der Waals surface area contributed by atoms with E-state index < -0.39 is 17.6 Å². The minimum absolute atomic E-state index is 0.0113. The van der Waals surface area contributed by atoms with Crippen molar-refractivity contribution in [3.05, 3.63) is 29.3 Å². The van der Waals surface area contributed by atoms with E-state index in [1.165, 1.54) is 0 Å². The number of carboxylic acids is 1. The monoisotopic (exact) mass is 298 g/mol. The molecule has 1 saturated heterocycles. The number of carbonyl (C=O) groups is 1. The van der Waals surface area contributed by atoms with E-state index in [4.69, 9.17) is 5.11 Å². The van der Waals surface area contributed by atoms with Crippen LogP contribution in [0.2, 0.25) is 0 Å². The molecule has 1 unspecified atom stereocenters. The summed E-state index contributed by atoms with van der Waals surface area (Å²) in [5.74, 6) is -2.95. The number of rotatable bonds is 3. The zero-order valence-electron chi connectivity index (χ0n) is 12.3. The fraction of sp³-hybridized carbons (Fsp3) is 0.533. The van der Waals surface area contributed by atoms with Crippen molar-refractivity contribution in [3.63, 3.8) is 0 Å². The Labute approximate surface area is 123 Å². The van der Waals surface area contributed by atoms with Crippen LogP contribution in [-0.2, 0) is 0 Å². The molecule has 6 heteroatoms. The number of nitrogens with zero attached hydrogens (tertiary/aromatic N) is 2. The molecule has 1 heterocycles. The van der Waals surface area contributed by atoms with Crippen LogP contribution in [0.5, 0.6) is 0 Å². The molecule has 2 rings (SSSR count). The Morgan fingerprint density at radius 2 is 1.95 bits per heavy atom. The van der Waals surface area contributed by atoms with Crippen LogP contribution in [0.4, 0.5) is 14.5 Å². The van der Waals surface area contributed by atoms with E-state index in [1.54, 1.807) is 4.90 Å². The van der Waals surface area contributed by atoms with Gasteiger partial charge in [-0.1, -0.05) is 6.92 Å². The van der Waals surface area contributed by atoms with Gasteiger partial charge in [-0.2, -0.15) is 0 Å². The Bertz CT molecular complexity index is 513. The van der Waals surface area contributed by atoms with Crippen LogP contribution in [-0.4, -0.2) is 48.7 Å². The van der Waals surface area contributed by atoms with E-state index in [-0.39, 0.29) is 17.3 Å². The van der Waals surface area contributed by atoms with Crippen molar-refractivity contribution in [2.75, 3.05) is 31.6 Å². The maximum absolute atomic E-state index is 14.2. The fourth-order valence-corrected chi connectivity index (χ4v) is 2.85. The number of likely N-dealkylation sites (N-methyl/N-ethyl adjacent to an activating group) is 1. The third-order valence-electron chi connectivity index (χ3n) is 3.92. The predicted octanol–water partition coefficient (Wildman–Crippen LogP) is 2.58. The second kappa shape index (κ2) is 6.39. The molecule has 1 N–H and O–H groups in total. The van der Waals surface area contributed by atoms with Gasteiger partial charge in [-0.3, -0.25) is 0 Å². The number of halogens is 2. The largest absolute Gasteiger partial charge is 0.478 e. The number of carboxylic acid groups (broad SMARTS) is 1. The molecule has 0 amide bonds. The van der Waals surface area contributed by atoms with Crippen molar-refractivity contribution in [1.82, 2.24) is 4.90 Å². The summed E-state index contributed by atoms with van der Waals surface area (Å²) < 4.78 is 28.5. The number of anilines is 1. The van der Waals surface area contributed by atoms with Crippen molar-refractivity contribution < 1.29 is 18.7 Å². The zero-order chi connectivity index (χ0) is 15.6. The van der Waals surface area contributed by atoms with Crippen LogP contribution >= 0.6 is 0 Å². The third-order valence-corrected chi connectivity index (χ3v) is 3.92. The van der Waals surface area contributed by atoms with Crippen LogP contribution in [0, 0.1) is 11.6 Å². The van der Waals surface area contributed by atoms with Crippen LogP contribution in [0.1, 0.15) is 30.1 Å². The summed E-state index contributed by atoms with van der Waals surface area (Å²) in [6.07, 6.45) is 1.58. The number of hydrogen-bond donors (Lipinski definition) is 1. The van der Waals surface area contributed by atoms with Crippen molar-refractivity contribution in [3.8, 4) is 0 Å². The second-order valence-electron chi connectivity index (χ2n) is 5.46. The summed E-state index contributed by atoms with van der Waals surface area (Å²) in [7, 11) is 1.99. The molecule has 1 aliphatic rings. The smallest absolute Gasteiger partial charge is 0.335 e. The molecule has 0 radical (unpaired) electrons. The van der Waals surface area contributed by atoms with Gasteiger partial charge in [-0.15, -0.1) is 0 Å². The van der Waals surface area contributed by atoms with E-state index in [9.17, 15) is 13.6 Å². The lowest BCUT2D eigenvalue weighted by Crippen LogP contribution is -2.40. The summed E-state index contributed by atoms with van der Waals surface area (Å²) in [4.78, 5) is 14.7. The molecule has 0 spiro atoms. The molecule has 0 bridgehead atoms. The molecule has 1 aromatic rings. The van der Waals surface area contributed by atoms with Gasteiger partial charge in [0.1, 0.15) is 17.3 Å². The Kier molecular flexibility index (Phi) is 4.77. The van der Waals surface area contributed by atoms with Gasteiger partial charge in [0.25, 0.3) is 0 Å². The maximum Gasteiger partial charge on any atom is 0.335 e. The average Bonchev–Trinajstić information content (AvgIpc) is 2.59. The maximum atomic E-state index is 14.2. The van der Waals surface area contributed by atoms with Gasteiger partial charge < -0.3 is 14.9 Å². The van der Waals surface area contributed by atoms with Crippen molar-refractivity contribution in [2.45, 2.75) is 25.8 Å². The van der Waals surface area contributed by atoms with Gasteiger partial charge >= 0.3 is 5.97 Å². The molecule has 0 saturated carbocycles. The summed E-state index contributed by atoms with van der Waals surface area (Å²) in [6, 6.07) is 1.79.